The van der Waals surface area contributed by atoms with Crippen molar-refractivity contribution in [3.8, 4) is 5.75 Å². The number of carbonyl (C=O) groups excluding carboxylic acids is 1. The number of carbonyl (C=O) groups is 2. The lowest BCUT2D eigenvalue weighted by molar-refractivity contribution is -0.157. The van der Waals surface area contributed by atoms with Crippen molar-refractivity contribution in [3.63, 3.8) is 0 Å². The average molecular weight is 426 g/mol. The molecule has 4 fully saturated rings. The van der Waals surface area contributed by atoms with Crippen LogP contribution in [-0.2, 0) is 15.0 Å². The summed E-state index contributed by atoms with van der Waals surface area (Å²) in [6.07, 6.45) is 7.40. The van der Waals surface area contributed by atoms with Crippen LogP contribution >= 0.6 is 0 Å². The summed E-state index contributed by atoms with van der Waals surface area (Å²) in [6.45, 7) is 4.65. The van der Waals surface area contributed by atoms with Crippen LogP contribution in [0.4, 0.5) is 0 Å². The number of ether oxygens (including phenoxy) is 1. The molecule has 0 aromatic heterocycles. The number of benzene rings is 1. The first-order valence-corrected chi connectivity index (χ1v) is 11.9. The van der Waals surface area contributed by atoms with Gasteiger partial charge in [0, 0.05) is 12.5 Å². The fourth-order valence-electron chi connectivity index (χ4n) is 8.57. The number of hydrogen-bond acceptors (Lipinski definition) is 3. The lowest BCUT2D eigenvalue weighted by Crippen LogP contribution is -2.62. The molecule has 7 atom stereocenters. The normalized spacial score (nSPS) is 43.9. The van der Waals surface area contributed by atoms with Crippen LogP contribution in [0.25, 0.3) is 0 Å². The summed E-state index contributed by atoms with van der Waals surface area (Å²) < 4.78 is 5.32. The Labute approximate surface area is 184 Å². The van der Waals surface area contributed by atoms with E-state index in [0.717, 1.165) is 49.8 Å². The molecule has 1 heterocycles. The van der Waals surface area contributed by atoms with E-state index in [1.54, 1.807) is 7.11 Å². The summed E-state index contributed by atoms with van der Waals surface area (Å²) >= 11 is 0. The molecular formula is C26H35NO4. The zero-order chi connectivity index (χ0) is 22.0. The highest BCUT2D eigenvalue weighted by Gasteiger charge is 2.68. The van der Waals surface area contributed by atoms with Gasteiger partial charge in [0.15, 0.2) is 0 Å². The third kappa shape index (κ3) is 2.67. The lowest BCUT2D eigenvalue weighted by atomic mass is 9.45. The standard InChI is InChI=1S/C26H35NO4/c1-24-13-12-22(28)27-21(24)9-8-18-19(24)10-14-25(2)20(18)11-15-26(25,23(29)30)16-4-6-17(31-3)7-5-16/h4-7,18-21H,8-15H2,1-3H3,(H,27,28)(H,29,30)/t18-,19-,20+,21?,24-,25+,26?/m1/s1. The number of aliphatic carboxylic acids is 1. The number of carboxylic acid groups (broad SMARTS) is 1. The van der Waals surface area contributed by atoms with Crippen LogP contribution in [0.1, 0.15) is 70.8 Å². The molecule has 1 aromatic rings. The minimum Gasteiger partial charge on any atom is -0.497 e. The van der Waals surface area contributed by atoms with E-state index in [1.807, 2.05) is 24.3 Å². The third-order valence-corrected chi connectivity index (χ3v) is 10.2. The van der Waals surface area contributed by atoms with Gasteiger partial charge in [0.1, 0.15) is 5.75 Å². The maximum atomic E-state index is 12.9. The van der Waals surface area contributed by atoms with Crippen molar-refractivity contribution < 1.29 is 19.4 Å². The van der Waals surface area contributed by atoms with Gasteiger partial charge >= 0.3 is 5.97 Å². The first-order chi connectivity index (χ1) is 14.8. The lowest BCUT2D eigenvalue weighted by Gasteiger charge is -2.61. The summed E-state index contributed by atoms with van der Waals surface area (Å²) in [5.74, 6) is 1.83. The Bertz CT molecular complexity index is 897. The van der Waals surface area contributed by atoms with Gasteiger partial charge in [-0.15, -0.1) is 0 Å². The molecule has 1 saturated heterocycles. The highest BCUT2D eigenvalue weighted by Crippen LogP contribution is 2.69. The average Bonchev–Trinajstić information content (AvgIpc) is 3.08. The summed E-state index contributed by atoms with van der Waals surface area (Å²) in [5, 5.41) is 13.9. The van der Waals surface area contributed by atoms with Crippen LogP contribution in [0, 0.1) is 28.6 Å². The zero-order valence-corrected chi connectivity index (χ0v) is 18.9. The number of piperidine rings is 1. The molecule has 3 saturated carbocycles. The fourth-order valence-corrected chi connectivity index (χ4v) is 8.57. The van der Waals surface area contributed by atoms with Gasteiger partial charge in [0.25, 0.3) is 0 Å². The zero-order valence-electron chi connectivity index (χ0n) is 18.9. The Hall–Kier alpha value is -2.04. The number of amides is 1. The highest BCUT2D eigenvalue weighted by molar-refractivity contribution is 5.83. The molecule has 1 amide bonds. The first-order valence-electron chi connectivity index (χ1n) is 11.9. The maximum Gasteiger partial charge on any atom is 0.314 e. The molecule has 0 radical (unpaired) electrons. The molecule has 0 spiro atoms. The molecule has 2 unspecified atom stereocenters. The molecule has 1 aliphatic heterocycles. The van der Waals surface area contributed by atoms with E-state index in [-0.39, 0.29) is 22.8 Å². The van der Waals surface area contributed by atoms with E-state index in [0.29, 0.717) is 30.6 Å². The predicted molar refractivity (Wildman–Crippen MR) is 118 cm³/mol. The number of nitrogens with one attached hydrogen (secondary N) is 1. The summed E-state index contributed by atoms with van der Waals surface area (Å²) in [5.41, 5.74) is -0.0235. The van der Waals surface area contributed by atoms with E-state index in [1.165, 1.54) is 0 Å². The molecule has 5 nitrogen and oxygen atoms in total. The van der Waals surface area contributed by atoms with E-state index >= 15 is 0 Å². The first kappa shape index (κ1) is 20.8. The number of methoxy groups -OCH3 is 1. The smallest absolute Gasteiger partial charge is 0.314 e. The monoisotopic (exact) mass is 425 g/mol. The summed E-state index contributed by atoms with van der Waals surface area (Å²) in [6, 6.07) is 8.04. The van der Waals surface area contributed by atoms with Crippen molar-refractivity contribution in [1.29, 1.82) is 0 Å². The third-order valence-electron chi connectivity index (χ3n) is 10.2. The minimum atomic E-state index is -0.840. The fraction of sp³-hybridized carbons (Fsp3) is 0.692. The van der Waals surface area contributed by atoms with Crippen molar-refractivity contribution >= 4 is 11.9 Å². The second kappa shape index (κ2) is 6.98. The predicted octanol–water partition coefficient (Wildman–Crippen LogP) is 4.54. The quantitative estimate of drug-likeness (QED) is 0.746. The van der Waals surface area contributed by atoms with Gasteiger partial charge in [-0.2, -0.15) is 0 Å². The Balaban J connectivity index is 1.51. The second-order valence-electron chi connectivity index (χ2n) is 11.0. The van der Waals surface area contributed by atoms with E-state index in [2.05, 4.69) is 19.2 Å². The van der Waals surface area contributed by atoms with E-state index in [4.69, 9.17) is 4.74 Å². The molecule has 3 aliphatic carbocycles. The molecular weight excluding hydrogens is 390 g/mol. The highest BCUT2D eigenvalue weighted by atomic mass is 16.5. The molecule has 5 heteroatoms. The van der Waals surface area contributed by atoms with Gasteiger partial charge in [0.2, 0.25) is 5.91 Å². The maximum absolute atomic E-state index is 12.9. The van der Waals surface area contributed by atoms with E-state index in [9.17, 15) is 14.7 Å². The minimum absolute atomic E-state index is 0.146. The van der Waals surface area contributed by atoms with Crippen LogP contribution < -0.4 is 10.1 Å². The van der Waals surface area contributed by atoms with Crippen molar-refractivity contribution in [2.24, 2.45) is 28.6 Å². The van der Waals surface area contributed by atoms with E-state index < -0.39 is 11.4 Å². The number of fused-ring (bicyclic) bond motifs is 5. The summed E-state index contributed by atoms with van der Waals surface area (Å²) in [7, 11) is 1.64. The molecule has 5 rings (SSSR count). The van der Waals surface area contributed by atoms with Gasteiger partial charge in [-0.25, -0.2) is 0 Å². The Morgan fingerprint density at radius 1 is 1.03 bits per heavy atom. The number of carboxylic acids is 1. The second-order valence-corrected chi connectivity index (χ2v) is 11.0. The van der Waals surface area contributed by atoms with Gasteiger partial charge in [-0.3, -0.25) is 9.59 Å². The van der Waals surface area contributed by atoms with Crippen molar-refractivity contribution in [1.82, 2.24) is 5.32 Å². The Morgan fingerprint density at radius 2 is 1.74 bits per heavy atom. The SMILES string of the molecule is COc1ccc(C2(C(=O)O)CC[C@H]3[C@@H]4CCC5NC(=O)CC[C@]5(C)[C@@H]4CC[C@@]32C)cc1. The molecule has 4 aliphatic rings. The summed E-state index contributed by atoms with van der Waals surface area (Å²) in [4.78, 5) is 25.0. The van der Waals surface area contributed by atoms with Crippen LogP contribution in [0.15, 0.2) is 24.3 Å². The molecule has 1 aromatic carbocycles. The van der Waals surface area contributed by atoms with Gasteiger partial charge in [-0.1, -0.05) is 26.0 Å². The Morgan fingerprint density at radius 3 is 2.42 bits per heavy atom. The topological polar surface area (TPSA) is 75.6 Å². The molecule has 0 bridgehead atoms. The van der Waals surface area contributed by atoms with Crippen molar-refractivity contribution in [2.75, 3.05) is 7.11 Å². The van der Waals surface area contributed by atoms with Crippen LogP contribution in [0.3, 0.4) is 0 Å². The largest absolute Gasteiger partial charge is 0.497 e. The number of hydrogen-bond donors (Lipinski definition) is 2. The van der Waals surface area contributed by atoms with Gasteiger partial charge in [0.05, 0.1) is 12.5 Å². The van der Waals surface area contributed by atoms with Gasteiger partial charge < -0.3 is 15.2 Å². The molecule has 2 N–H and O–H groups in total. The van der Waals surface area contributed by atoms with Crippen molar-refractivity contribution in [2.45, 2.75) is 76.7 Å². The molecule has 31 heavy (non-hydrogen) atoms. The van der Waals surface area contributed by atoms with Crippen LogP contribution in [0.2, 0.25) is 0 Å². The van der Waals surface area contributed by atoms with Crippen molar-refractivity contribution in [3.05, 3.63) is 29.8 Å². The Kier molecular flexibility index (Phi) is 4.69. The van der Waals surface area contributed by atoms with Crippen LogP contribution in [0.5, 0.6) is 5.75 Å². The number of rotatable bonds is 3. The van der Waals surface area contributed by atoms with Crippen LogP contribution in [-0.4, -0.2) is 30.1 Å². The molecule has 168 valence electrons. The van der Waals surface area contributed by atoms with Gasteiger partial charge in [-0.05, 0) is 91.2 Å².